The molecule has 0 amide bonds. The van der Waals surface area contributed by atoms with E-state index in [2.05, 4.69) is 50.3 Å². The van der Waals surface area contributed by atoms with Crippen molar-refractivity contribution in [2.75, 3.05) is 0 Å². The van der Waals surface area contributed by atoms with Crippen LogP contribution in [0.2, 0.25) is 0 Å². The summed E-state index contributed by atoms with van der Waals surface area (Å²) in [7, 11) is 0. The van der Waals surface area contributed by atoms with Gasteiger partial charge < -0.3 is 0 Å². The number of allylic oxidation sites excluding steroid dienone is 2. The molecule has 1 aromatic carbocycles. The number of aryl methyl sites for hydroxylation is 1. The second kappa shape index (κ2) is 7.49. The van der Waals surface area contributed by atoms with Crippen LogP contribution in [0.5, 0.6) is 0 Å². The fourth-order valence-corrected chi connectivity index (χ4v) is 4.56. The third-order valence-corrected chi connectivity index (χ3v) is 5.99. The standard InChI is InChI=1S/C22H31/c1-3-4-18-7-11-20(12-8-18)22-15-13-21(14-16-22)19-9-5-17(2)6-10-19/h3-6,9-10,18,21-22H,7-8,11-16H2,1-2H3/b4-3+. The smallest absolute Gasteiger partial charge is 0.0162 e. The summed E-state index contributed by atoms with van der Waals surface area (Å²) in [4.78, 5) is 0. The summed E-state index contributed by atoms with van der Waals surface area (Å²) in [6.45, 7) is 4.34. The highest BCUT2D eigenvalue weighted by molar-refractivity contribution is 5.25. The molecule has 1 aromatic rings. The molecule has 0 bridgehead atoms. The first kappa shape index (κ1) is 15.8. The molecule has 0 atom stereocenters. The lowest BCUT2D eigenvalue weighted by atomic mass is 9.68. The maximum atomic E-state index is 2.42. The van der Waals surface area contributed by atoms with E-state index in [1.54, 1.807) is 5.56 Å². The van der Waals surface area contributed by atoms with Crippen LogP contribution in [0.15, 0.2) is 36.4 Å². The molecule has 0 saturated heterocycles. The fourth-order valence-electron chi connectivity index (χ4n) is 4.56. The monoisotopic (exact) mass is 295 g/mol. The van der Waals surface area contributed by atoms with Crippen LogP contribution in [0.4, 0.5) is 0 Å². The minimum atomic E-state index is 0.816. The first-order valence-electron chi connectivity index (χ1n) is 9.30. The van der Waals surface area contributed by atoms with Crippen molar-refractivity contribution in [2.45, 2.75) is 71.1 Å². The Morgan fingerprint density at radius 1 is 0.818 bits per heavy atom. The van der Waals surface area contributed by atoms with E-state index in [0.29, 0.717) is 0 Å². The van der Waals surface area contributed by atoms with Gasteiger partial charge in [-0.05, 0) is 94.4 Å². The number of rotatable bonds is 3. The molecule has 0 aromatic heterocycles. The highest BCUT2D eigenvalue weighted by Gasteiger charge is 2.31. The zero-order valence-electron chi connectivity index (χ0n) is 14.4. The average Bonchev–Trinajstić information content (AvgIpc) is 2.57. The van der Waals surface area contributed by atoms with Crippen LogP contribution in [-0.4, -0.2) is 0 Å². The first-order valence-corrected chi connectivity index (χ1v) is 9.30. The lowest BCUT2D eigenvalue weighted by molar-refractivity contribution is 0.286. The molecule has 2 saturated carbocycles. The van der Waals surface area contributed by atoms with Crippen LogP contribution in [0, 0.1) is 24.7 Å². The van der Waals surface area contributed by atoms with Crippen molar-refractivity contribution in [3.63, 3.8) is 0 Å². The van der Waals surface area contributed by atoms with Crippen molar-refractivity contribution < 1.29 is 0 Å². The lowest BCUT2D eigenvalue weighted by Crippen LogP contribution is -2.23. The maximum absolute atomic E-state index is 2.42. The second-order valence-corrected chi connectivity index (χ2v) is 7.48. The maximum Gasteiger partial charge on any atom is -0.0162 e. The molecule has 2 aliphatic carbocycles. The minimum Gasteiger partial charge on any atom is -0.0914 e. The van der Waals surface area contributed by atoms with Crippen LogP contribution >= 0.6 is 0 Å². The van der Waals surface area contributed by atoms with Gasteiger partial charge in [0.15, 0.2) is 0 Å². The second-order valence-electron chi connectivity index (χ2n) is 7.48. The Hall–Kier alpha value is -1.04. The van der Waals surface area contributed by atoms with E-state index in [4.69, 9.17) is 0 Å². The molecule has 0 aliphatic heterocycles. The Bertz CT molecular complexity index is 465. The predicted molar refractivity (Wildman–Crippen MR) is 95.9 cm³/mol. The van der Waals surface area contributed by atoms with Gasteiger partial charge in [-0.25, -0.2) is 0 Å². The highest BCUT2D eigenvalue weighted by Crippen LogP contribution is 2.45. The lowest BCUT2D eigenvalue weighted by Gasteiger charge is -2.37. The molecule has 2 aliphatic rings. The SMILES string of the molecule is C/C=C/C1CC[C](C2CCC(c3ccc(C)cc3)CC2)CC1. The summed E-state index contributed by atoms with van der Waals surface area (Å²) in [5.74, 6) is 4.52. The Labute approximate surface area is 137 Å². The topological polar surface area (TPSA) is 0 Å². The van der Waals surface area contributed by atoms with Gasteiger partial charge in [0, 0.05) is 0 Å². The zero-order chi connectivity index (χ0) is 15.4. The van der Waals surface area contributed by atoms with E-state index in [1.807, 2.05) is 5.92 Å². The molecule has 2 fully saturated rings. The van der Waals surface area contributed by atoms with Crippen molar-refractivity contribution in [3.05, 3.63) is 53.5 Å². The van der Waals surface area contributed by atoms with Crippen molar-refractivity contribution in [3.8, 4) is 0 Å². The Kier molecular flexibility index (Phi) is 5.39. The van der Waals surface area contributed by atoms with Crippen LogP contribution in [0.1, 0.15) is 75.3 Å². The molecular formula is C22H31. The quantitative estimate of drug-likeness (QED) is 0.550. The Morgan fingerprint density at radius 2 is 1.41 bits per heavy atom. The summed E-state index contributed by atoms with van der Waals surface area (Å²) in [5.41, 5.74) is 2.96. The highest BCUT2D eigenvalue weighted by atomic mass is 14.4. The van der Waals surface area contributed by atoms with Gasteiger partial charge >= 0.3 is 0 Å². The third-order valence-electron chi connectivity index (χ3n) is 5.99. The molecule has 22 heavy (non-hydrogen) atoms. The molecule has 0 nitrogen and oxygen atoms in total. The van der Waals surface area contributed by atoms with Gasteiger partial charge in [-0.2, -0.15) is 0 Å². The van der Waals surface area contributed by atoms with Crippen molar-refractivity contribution in [1.82, 2.24) is 0 Å². The van der Waals surface area contributed by atoms with Gasteiger partial charge in [-0.1, -0.05) is 42.0 Å². The van der Waals surface area contributed by atoms with Crippen LogP contribution < -0.4 is 0 Å². The van der Waals surface area contributed by atoms with Crippen LogP contribution in [0.3, 0.4) is 0 Å². The number of hydrogen-bond acceptors (Lipinski definition) is 0. The van der Waals surface area contributed by atoms with Crippen molar-refractivity contribution in [2.24, 2.45) is 11.8 Å². The summed E-state index contributed by atoms with van der Waals surface area (Å²) >= 11 is 0. The predicted octanol–water partition coefficient (Wildman–Crippen LogP) is 6.61. The van der Waals surface area contributed by atoms with E-state index in [0.717, 1.165) is 17.8 Å². The van der Waals surface area contributed by atoms with E-state index < -0.39 is 0 Å². The van der Waals surface area contributed by atoms with Crippen LogP contribution in [-0.2, 0) is 0 Å². The molecule has 0 unspecified atom stereocenters. The Balaban J connectivity index is 1.49. The van der Waals surface area contributed by atoms with Gasteiger partial charge in [0.2, 0.25) is 0 Å². The summed E-state index contributed by atoms with van der Waals surface area (Å²) in [6, 6.07) is 9.27. The largest absolute Gasteiger partial charge is 0.0914 e. The zero-order valence-corrected chi connectivity index (χ0v) is 14.4. The number of hydrogen-bond donors (Lipinski definition) is 0. The molecule has 3 rings (SSSR count). The summed E-state index contributed by atoms with van der Waals surface area (Å²) in [5, 5.41) is 0. The van der Waals surface area contributed by atoms with Crippen molar-refractivity contribution >= 4 is 0 Å². The van der Waals surface area contributed by atoms with Gasteiger partial charge in [-0.3, -0.25) is 0 Å². The molecule has 1 radical (unpaired) electrons. The van der Waals surface area contributed by atoms with E-state index in [-0.39, 0.29) is 0 Å². The van der Waals surface area contributed by atoms with Gasteiger partial charge in [0.25, 0.3) is 0 Å². The van der Waals surface area contributed by atoms with Gasteiger partial charge in [0.05, 0.1) is 0 Å². The molecule has 0 spiro atoms. The molecule has 0 heteroatoms. The average molecular weight is 295 g/mol. The number of benzene rings is 1. The Morgan fingerprint density at radius 3 is 2.00 bits per heavy atom. The third kappa shape index (κ3) is 3.83. The minimum absolute atomic E-state index is 0.816. The van der Waals surface area contributed by atoms with Gasteiger partial charge in [-0.15, -0.1) is 0 Å². The summed E-state index contributed by atoms with van der Waals surface area (Å²) in [6.07, 6.45) is 15.9. The van der Waals surface area contributed by atoms with E-state index >= 15 is 0 Å². The normalized spacial score (nSPS) is 28.3. The van der Waals surface area contributed by atoms with E-state index in [9.17, 15) is 0 Å². The molecule has 119 valence electrons. The van der Waals surface area contributed by atoms with Crippen molar-refractivity contribution in [1.29, 1.82) is 0 Å². The summed E-state index contributed by atoms with van der Waals surface area (Å²) < 4.78 is 0. The van der Waals surface area contributed by atoms with Crippen LogP contribution in [0.25, 0.3) is 0 Å². The van der Waals surface area contributed by atoms with E-state index in [1.165, 1.54) is 56.9 Å². The fraction of sp³-hybridized carbons (Fsp3) is 0.591. The van der Waals surface area contributed by atoms with Gasteiger partial charge in [0.1, 0.15) is 0 Å². The first-order chi connectivity index (χ1) is 10.8. The molecular weight excluding hydrogens is 264 g/mol. The molecule has 0 N–H and O–H groups in total. The molecule has 0 heterocycles.